The summed E-state index contributed by atoms with van der Waals surface area (Å²) in [7, 11) is 1.44. The molecule has 3 nitrogen and oxygen atoms in total. The van der Waals surface area contributed by atoms with E-state index in [1.54, 1.807) is 0 Å². The number of aliphatic hydroxyl groups is 1. The van der Waals surface area contributed by atoms with E-state index in [1.807, 2.05) is 18.2 Å². The molecule has 0 amide bonds. The summed E-state index contributed by atoms with van der Waals surface area (Å²) in [5, 5.41) is 9.70. The standard InChI is InChI=1S/C19H34O3/c1-3-4-12-15-18(20)16-13-10-8-6-5-7-9-11-14-17-19(21)22-2/h8,10,13,16,18,20H,3-7,9,11-12,14-15,17H2,1-2H3/b10-8-,16-13+/t18-/m0/s1. The smallest absolute Gasteiger partial charge is 0.305 e. The lowest BCUT2D eigenvalue weighted by Crippen LogP contribution is -2.00. The van der Waals surface area contributed by atoms with Crippen molar-refractivity contribution in [2.24, 2.45) is 0 Å². The Labute approximate surface area is 136 Å². The number of unbranched alkanes of at least 4 members (excludes halogenated alkanes) is 7. The molecule has 3 heteroatoms. The number of carbonyl (C=O) groups excluding carboxylic acids is 1. The highest BCUT2D eigenvalue weighted by atomic mass is 16.5. The van der Waals surface area contributed by atoms with Gasteiger partial charge in [0.1, 0.15) is 0 Å². The second-order valence-electron chi connectivity index (χ2n) is 5.76. The van der Waals surface area contributed by atoms with Gasteiger partial charge in [0.15, 0.2) is 0 Å². The Morgan fingerprint density at radius 2 is 1.77 bits per heavy atom. The summed E-state index contributed by atoms with van der Waals surface area (Å²) in [6.45, 7) is 2.17. The maximum Gasteiger partial charge on any atom is 0.305 e. The lowest BCUT2D eigenvalue weighted by atomic mass is 10.1. The normalized spacial score (nSPS) is 13.0. The van der Waals surface area contributed by atoms with Gasteiger partial charge in [-0.1, -0.05) is 69.8 Å². The predicted octanol–water partition coefficient (Wildman–Crippen LogP) is 4.94. The van der Waals surface area contributed by atoms with Gasteiger partial charge in [-0.05, 0) is 25.7 Å². The van der Waals surface area contributed by atoms with Crippen LogP contribution in [-0.2, 0) is 9.53 Å². The van der Waals surface area contributed by atoms with E-state index in [-0.39, 0.29) is 12.1 Å². The fourth-order valence-corrected chi connectivity index (χ4v) is 2.23. The molecule has 0 aliphatic rings. The summed E-state index contributed by atoms with van der Waals surface area (Å²) in [5.41, 5.74) is 0. The van der Waals surface area contributed by atoms with Gasteiger partial charge in [-0.2, -0.15) is 0 Å². The molecule has 0 unspecified atom stereocenters. The molecular weight excluding hydrogens is 276 g/mol. The van der Waals surface area contributed by atoms with Crippen LogP contribution in [0.15, 0.2) is 24.3 Å². The Hall–Kier alpha value is -1.09. The van der Waals surface area contributed by atoms with Gasteiger partial charge in [-0.15, -0.1) is 0 Å². The third-order valence-electron chi connectivity index (χ3n) is 3.66. The number of hydrogen-bond donors (Lipinski definition) is 1. The van der Waals surface area contributed by atoms with Crippen LogP contribution in [0.25, 0.3) is 0 Å². The van der Waals surface area contributed by atoms with Gasteiger partial charge in [0, 0.05) is 6.42 Å². The summed E-state index contributed by atoms with van der Waals surface area (Å²) in [6, 6.07) is 0. The topological polar surface area (TPSA) is 46.5 Å². The summed E-state index contributed by atoms with van der Waals surface area (Å²) < 4.78 is 4.60. The Kier molecular flexibility index (Phi) is 15.5. The first-order valence-electron chi connectivity index (χ1n) is 8.79. The Balaban J connectivity index is 3.38. The monoisotopic (exact) mass is 310 g/mol. The molecule has 0 radical (unpaired) electrons. The minimum absolute atomic E-state index is 0.105. The van der Waals surface area contributed by atoms with Crippen molar-refractivity contribution in [3.8, 4) is 0 Å². The molecule has 0 spiro atoms. The number of ether oxygens (including phenoxy) is 1. The number of rotatable bonds is 14. The van der Waals surface area contributed by atoms with Crippen molar-refractivity contribution in [2.75, 3.05) is 7.11 Å². The molecule has 0 aliphatic carbocycles. The first-order valence-corrected chi connectivity index (χ1v) is 8.79. The van der Waals surface area contributed by atoms with Crippen molar-refractivity contribution in [1.82, 2.24) is 0 Å². The highest BCUT2D eigenvalue weighted by molar-refractivity contribution is 5.68. The van der Waals surface area contributed by atoms with Gasteiger partial charge in [0.05, 0.1) is 13.2 Å². The van der Waals surface area contributed by atoms with E-state index >= 15 is 0 Å². The number of allylic oxidation sites excluding steroid dienone is 3. The number of carbonyl (C=O) groups is 1. The minimum atomic E-state index is -0.300. The van der Waals surface area contributed by atoms with Crippen molar-refractivity contribution in [1.29, 1.82) is 0 Å². The molecule has 0 aromatic rings. The average molecular weight is 310 g/mol. The van der Waals surface area contributed by atoms with Crippen molar-refractivity contribution in [3.05, 3.63) is 24.3 Å². The fourth-order valence-electron chi connectivity index (χ4n) is 2.23. The SMILES string of the molecule is CCCCC[C@H](O)/C=C/C=C\CCCCCCCC(=O)OC. The Morgan fingerprint density at radius 3 is 2.50 bits per heavy atom. The zero-order valence-corrected chi connectivity index (χ0v) is 14.4. The van der Waals surface area contributed by atoms with Crippen LogP contribution < -0.4 is 0 Å². The minimum Gasteiger partial charge on any atom is -0.469 e. The van der Waals surface area contributed by atoms with Gasteiger partial charge < -0.3 is 9.84 Å². The van der Waals surface area contributed by atoms with Crippen LogP contribution in [0.3, 0.4) is 0 Å². The summed E-state index contributed by atoms with van der Waals surface area (Å²) in [6.07, 6.45) is 19.3. The quantitative estimate of drug-likeness (QED) is 0.281. The first kappa shape index (κ1) is 20.9. The maximum absolute atomic E-state index is 10.9. The van der Waals surface area contributed by atoms with Crippen LogP contribution in [-0.4, -0.2) is 24.3 Å². The predicted molar refractivity (Wildman–Crippen MR) is 92.8 cm³/mol. The second-order valence-corrected chi connectivity index (χ2v) is 5.76. The number of methoxy groups -OCH3 is 1. The van der Waals surface area contributed by atoms with Gasteiger partial charge in [0.25, 0.3) is 0 Å². The first-order chi connectivity index (χ1) is 10.7. The number of esters is 1. The number of aliphatic hydroxyl groups excluding tert-OH is 1. The molecule has 0 saturated heterocycles. The van der Waals surface area contributed by atoms with Crippen molar-refractivity contribution >= 4 is 5.97 Å². The van der Waals surface area contributed by atoms with E-state index in [9.17, 15) is 9.90 Å². The van der Waals surface area contributed by atoms with E-state index < -0.39 is 0 Å². The molecule has 0 rings (SSSR count). The van der Waals surface area contributed by atoms with Crippen molar-refractivity contribution in [3.63, 3.8) is 0 Å². The van der Waals surface area contributed by atoms with E-state index in [1.165, 1.54) is 39.2 Å². The molecule has 0 saturated carbocycles. The van der Waals surface area contributed by atoms with Gasteiger partial charge >= 0.3 is 5.97 Å². The summed E-state index contributed by atoms with van der Waals surface area (Å²) in [5.74, 6) is -0.105. The van der Waals surface area contributed by atoms with Crippen LogP contribution in [0.1, 0.15) is 77.6 Å². The molecule has 0 bridgehead atoms. The highest BCUT2D eigenvalue weighted by Crippen LogP contribution is 2.08. The molecule has 128 valence electrons. The molecule has 22 heavy (non-hydrogen) atoms. The van der Waals surface area contributed by atoms with Crippen LogP contribution in [0.4, 0.5) is 0 Å². The molecule has 1 N–H and O–H groups in total. The Bertz CT molecular complexity index is 308. The van der Waals surface area contributed by atoms with Crippen LogP contribution in [0.5, 0.6) is 0 Å². The third-order valence-corrected chi connectivity index (χ3v) is 3.66. The highest BCUT2D eigenvalue weighted by Gasteiger charge is 1.98. The average Bonchev–Trinajstić information content (AvgIpc) is 2.52. The molecule has 0 aromatic carbocycles. The third kappa shape index (κ3) is 15.3. The lowest BCUT2D eigenvalue weighted by Gasteiger charge is -2.03. The van der Waals surface area contributed by atoms with E-state index in [0.717, 1.165) is 32.1 Å². The van der Waals surface area contributed by atoms with Crippen LogP contribution in [0.2, 0.25) is 0 Å². The van der Waals surface area contributed by atoms with Crippen molar-refractivity contribution in [2.45, 2.75) is 83.7 Å². The molecule has 0 aromatic heterocycles. The molecular formula is C19H34O3. The fraction of sp³-hybridized carbons (Fsp3) is 0.737. The largest absolute Gasteiger partial charge is 0.469 e. The van der Waals surface area contributed by atoms with Gasteiger partial charge in [0.2, 0.25) is 0 Å². The zero-order valence-electron chi connectivity index (χ0n) is 14.4. The maximum atomic E-state index is 10.9. The van der Waals surface area contributed by atoms with Gasteiger partial charge in [-0.3, -0.25) is 4.79 Å². The summed E-state index contributed by atoms with van der Waals surface area (Å²) in [4.78, 5) is 10.9. The molecule has 0 fully saturated rings. The summed E-state index contributed by atoms with van der Waals surface area (Å²) >= 11 is 0. The van der Waals surface area contributed by atoms with Crippen molar-refractivity contribution < 1.29 is 14.6 Å². The lowest BCUT2D eigenvalue weighted by molar-refractivity contribution is -0.140. The second kappa shape index (κ2) is 16.3. The molecule has 0 heterocycles. The van der Waals surface area contributed by atoms with E-state index in [4.69, 9.17) is 0 Å². The molecule has 1 atom stereocenters. The zero-order chi connectivity index (χ0) is 16.5. The number of hydrogen-bond acceptors (Lipinski definition) is 3. The van der Waals surface area contributed by atoms with Crippen LogP contribution >= 0.6 is 0 Å². The van der Waals surface area contributed by atoms with Gasteiger partial charge in [-0.25, -0.2) is 0 Å². The Morgan fingerprint density at radius 1 is 1.05 bits per heavy atom. The van der Waals surface area contributed by atoms with E-state index in [0.29, 0.717) is 6.42 Å². The molecule has 0 aliphatic heterocycles. The van der Waals surface area contributed by atoms with Crippen LogP contribution in [0, 0.1) is 0 Å². The van der Waals surface area contributed by atoms with E-state index in [2.05, 4.69) is 17.7 Å².